The van der Waals surface area contributed by atoms with E-state index in [9.17, 15) is 10.1 Å². The van der Waals surface area contributed by atoms with E-state index >= 15 is 0 Å². The third-order valence-electron chi connectivity index (χ3n) is 8.76. The maximum atomic E-state index is 12.6. The molecule has 0 heterocycles. The summed E-state index contributed by atoms with van der Waals surface area (Å²) >= 11 is 0. The third kappa shape index (κ3) is 7.47. The van der Waals surface area contributed by atoms with Crippen LogP contribution in [-0.2, 0) is 18.3 Å². The van der Waals surface area contributed by atoms with E-state index in [-0.39, 0.29) is 18.0 Å². The molecule has 0 spiro atoms. The summed E-state index contributed by atoms with van der Waals surface area (Å²) in [6.45, 7) is 15.3. The molecular weight excluding hydrogens is 534 g/mol. The zero-order valence-electron chi connectivity index (χ0n) is 26.7. The summed E-state index contributed by atoms with van der Waals surface area (Å²) in [5.41, 5.74) is 13.9. The highest BCUT2D eigenvalue weighted by molar-refractivity contribution is 5.98. The molecule has 1 amide bonds. The lowest BCUT2D eigenvalue weighted by Crippen LogP contribution is -2.48. The largest absolute Gasteiger partial charge is 0.388 e. The molecule has 0 radical (unpaired) electrons. The second kappa shape index (κ2) is 14.9. The number of aliphatic imine (C=N–C) groups is 1. The molecule has 0 saturated carbocycles. The molecule has 1 aliphatic carbocycles. The fraction of sp³-hybridized carbons (Fsp3) is 0.457. The molecule has 2 aromatic rings. The molecule has 0 aromatic heterocycles. The summed E-state index contributed by atoms with van der Waals surface area (Å²) in [6, 6.07) is 14.5. The molecule has 2 aromatic carbocycles. The maximum Gasteiger partial charge on any atom is 0.251 e. The van der Waals surface area contributed by atoms with Crippen LogP contribution in [0.3, 0.4) is 0 Å². The van der Waals surface area contributed by atoms with Crippen molar-refractivity contribution in [3.63, 3.8) is 0 Å². The first-order valence-corrected chi connectivity index (χ1v) is 15.2. The monoisotopic (exact) mass is 583 g/mol. The van der Waals surface area contributed by atoms with Crippen molar-refractivity contribution in [3.8, 4) is 6.07 Å². The normalized spacial score (nSPS) is 18.1. The van der Waals surface area contributed by atoms with Crippen molar-refractivity contribution in [2.75, 3.05) is 27.7 Å². The number of benzene rings is 2. The van der Waals surface area contributed by atoms with Crippen LogP contribution in [0.1, 0.15) is 78.2 Å². The van der Waals surface area contributed by atoms with E-state index in [4.69, 9.17) is 5.73 Å². The van der Waals surface area contributed by atoms with Crippen LogP contribution in [0.2, 0.25) is 0 Å². The van der Waals surface area contributed by atoms with Crippen LogP contribution in [0, 0.1) is 17.2 Å². The number of carbonyl (C=O) groups is 1. The Labute approximate surface area is 257 Å². The lowest BCUT2D eigenvalue weighted by molar-refractivity contribution is 0.0963. The predicted molar refractivity (Wildman–Crippen MR) is 178 cm³/mol. The average molecular weight is 584 g/mol. The number of hydrogen-bond donors (Lipinski definition) is 5. The highest BCUT2D eigenvalue weighted by Crippen LogP contribution is 2.44. The van der Waals surface area contributed by atoms with E-state index in [1.807, 2.05) is 25.2 Å². The minimum atomic E-state index is -0.733. The fourth-order valence-corrected chi connectivity index (χ4v) is 6.10. The summed E-state index contributed by atoms with van der Waals surface area (Å²) in [6.07, 6.45) is 3.99. The van der Waals surface area contributed by atoms with Crippen molar-refractivity contribution >= 4 is 17.4 Å². The smallest absolute Gasteiger partial charge is 0.251 e. The van der Waals surface area contributed by atoms with E-state index in [1.165, 1.54) is 5.56 Å². The number of amidine groups is 1. The zero-order chi connectivity index (χ0) is 31.7. The minimum absolute atomic E-state index is 0.00156. The van der Waals surface area contributed by atoms with Gasteiger partial charge in [0.25, 0.3) is 5.91 Å². The van der Waals surface area contributed by atoms with Crippen LogP contribution in [0.15, 0.2) is 60.2 Å². The topological polar surface area (TPSA) is 127 Å². The van der Waals surface area contributed by atoms with Crippen LogP contribution >= 0.6 is 0 Å². The van der Waals surface area contributed by atoms with Crippen LogP contribution in [0.5, 0.6) is 0 Å². The lowest BCUT2D eigenvalue weighted by atomic mass is 9.67. The number of hydrogen-bond acceptors (Lipinski definition) is 6. The van der Waals surface area contributed by atoms with E-state index in [2.05, 4.69) is 84.5 Å². The molecule has 0 bridgehead atoms. The Morgan fingerprint density at radius 1 is 1.07 bits per heavy atom. The van der Waals surface area contributed by atoms with E-state index in [0.717, 1.165) is 59.3 Å². The van der Waals surface area contributed by atoms with Crippen molar-refractivity contribution in [2.24, 2.45) is 16.6 Å². The van der Waals surface area contributed by atoms with Gasteiger partial charge in [-0.2, -0.15) is 5.26 Å². The van der Waals surface area contributed by atoms with E-state index in [1.54, 1.807) is 14.1 Å². The molecular formula is C35H49N7O. The second-order valence-electron chi connectivity index (χ2n) is 11.7. The first-order valence-electron chi connectivity index (χ1n) is 15.2. The summed E-state index contributed by atoms with van der Waals surface area (Å²) in [5.74, 6) is 0.858. The SMILES string of the molecule is C=C(CN[C@@H](C)CC1(C(N)=NC)c2ccc(C(=C)NC)cc2CCc2cc(C(=O)NC)ccc21)NC(C#N)C[C@@H](C)CC. The molecule has 1 aliphatic rings. The van der Waals surface area contributed by atoms with Crippen LogP contribution in [0.25, 0.3) is 5.70 Å². The van der Waals surface area contributed by atoms with Gasteiger partial charge in [0.05, 0.1) is 11.5 Å². The van der Waals surface area contributed by atoms with Gasteiger partial charge in [-0.25, -0.2) is 0 Å². The minimum Gasteiger partial charge on any atom is -0.388 e. The number of rotatable bonds is 14. The van der Waals surface area contributed by atoms with Crippen LogP contribution < -0.4 is 27.0 Å². The molecule has 0 saturated heterocycles. The van der Waals surface area contributed by atoms with Gasteiger partial charge in [0, 0.05) is 50.7 Å². The number of aryl methyl sites for hydroxylation is 2. The van der Waals surface area contributed by atoms with Crippen molar-refractivity contribution in [1.29, 1.82) is 5.26 Å². The van der Waals surface area contributed by atoms with Gasteiger partial charge in [-0.1, -0.05) is 51.6 Å². The summed E-state index contributed by atoms with van der Waals surface area (Å²) < 4.78 is 0. The summed E-state index contributed by atoms with van der Waals surface area (Å²) in [7, 11) is 5.25. The van der Waals surface area contributed by atoms with Gasteiger partial charge in [0.2, 0.25) is 0 Å². The number of fused-ring (bicyclic) bond motifs is 2. The first kappa shape index (κ1) is 33.4. The Morgan fingerprint density at radius 2 is 1.67 bits per heavy atom. The average Bonchev–Trinajstić information content (AvgIpc) is 3.16. The first-order chi connectivity index (χ1) is 20.5. The molecule has 0 aliphatic heterocycles. The van der Waals surface area contributed by atoms with Gasteiger partial charge < -0.3 is 27.0 Å². The van der Waals surface area contributed by atoms with E-state index in [0.29, 0.717) is 30.3 Å². The Morgan fingerprint density at radius 3 is 2.21 bits per heavy atom. The molecule has 2 unspecified atom stereocenters. The van der Waals surface area contributed by atoms with Crippen LogP contribution in [0.4, 0.5) is 0 Å². The number of amides is 1. The number of nitriles is 1. The van der Waals surface area contributed by atoms with Gasteiger partial charge in [0.15, 0.2) is 0 Å². The van der Waals surface area contributed by atoms with Crippen molar-refractivity contribution in [3.05, 3.63) is 88.6 Å². The van der Waals surface area contributed by atoms with Gasteiger partial charge in [0.1, 0.15) is 11.9 Å². The molecule has 230 valence electrons. The third-order valence-corrected chi connectivity index (χ3v) is 8.76. The van der Waals surface area contributed by atoms with Crippen molar-refractivity contribution in [1.82, 2.24) is 21.3 Å². The van der Waals surface area contributed by atoms with Gasteiger partial charge in [-0.3, -0.25) is 9.79 Å². The van der Waals surface area contributed by atoms with Gasteiger partial charge in [-0.15, -0.1) is 0 Å². The van der Waals surface area contributed by atoms with Gasteiger partial charge in [-0.05, 0) is 84.5 Å². The molecule has 6 N–H and O–H groups in total. The molecule has 3 rings (SSSR count). The molecule has 4 atom stereocenters. The molecule has 43 heavy (non-hydrogen) atoms. The summed E-state index contributed by atoms with van der Waals surface area (Å²) in [5, 5.41) is 22.5. The van der Waals surface area contributed by atoms with E-state index < -0.39 is 5.41 Å². The van der Waals surface area contributed by atoms with Crippen molar-refractivity contribution in [2.45, 2.75) is 70.4 Å². The lowest BCUT2D eigenvalue weighted by Gasteiger charge is -2.38. The number of nitrogens with one attached hydrogen (secondary N) is 4. The Kier molecular flexibility index (Phi) is 11.6. The Bertz CT molecular complexity index is 1340. The Hall–Kier alpha value is -4.09. The molecule has 0 fully saturated rings. The number of carbonyl (C=O) groups excluding carboxylic acids is 1. The molecule has 8 heteroatoms. The zero-order valence-corrected chi connectivity index (χ0v) is 26.7. The predicted octanol–water partition coefficient (Wildman–Crippen LogP) is 4.41. The number of nitrogens with zero attached hydrogens (tertiary/aromatic N) is 2. The quantitative estimate of drug-likeness (QED) is 0.166. The second-order valence-corrected chi connectivity index (χ2v) is 11.7. The molecule has 8 nitrogen and oxygen atoms in total. The van der Waals surface area contributed by atoms with Crippen LogP contribution in [-0.4, -0.2) is 51.5 Å². The summed E-state index contributed by atoms with van der Waals surface area (Å²) in [4.78, 5) is 17.2. The Balaban J connectivity index is 2.04. The maximum absolute atomic E-state index is 12.6. The highest BCUT2D eigenvalue weighted by atomic mass is 16.1. The standard InChI is InChI=1S/C35H49N7O/c1-9-22(2)16-30(20-36)42-24(4)21-41-23(3)19-35(34(37)40-8)31-14-12-26(25(5)38-6)17-27(31)10-11-28-18-29(33(43)39-7)13-15-32(28)35/h12-15,17-18,22-23,30,38,41-42H,4-5,9-11,16,19,21H2,1-3,6-8H3,(H2,37,40)(H,39,43)/t22-,23-,30?,35?/m0/s1. The highest BCUT2D eigenvalue weighted by Gasteiger charge is 2.44. The van der Waals surface area contributed by atoms with Gasteiger partial charge >= 0.3 is 0 Å². The number of nitrogens with two attached hydrogens (primary N) is 1. The fourth-order valence-electron chi connectivity index (χ4n) is 6.10. The van der Waals surface area contributed by atoms with Crippen molar-refractivity contribution < 1.29 is 4.79 Å².